The molecule has 1 aliphatic rings. The van der Waals surface area contributed by atoms with Gasteiger partial charge in [0.2, 0.25) is 5.91 Å². The second-order valence-corrected chi connectivity index (χ2v) is 6.40. The van der Waals surface area contributed by atoms with Gasteiger partial charge in [-0.05, 0) is 37.5 Å². The van der Waals surface area contributed by atoms with Crippen molar-refractivity contribution < 1.29 is 9.53 Å². The Kier molecular flexibility index (Phi) is 3.92. The SMILES string of the molecule is COc1ccc(Cc2sc(NC(=O)C3CC3)nc2C)cc1. The molecule has 1 aromatic carbocycles. The van der Waals surface area contributed by atoms with Crippen molar-refractivity contribution in [2.75, 3.05) is 12.4 Å². The van der Waals surface area contributed by atoms with Gasteiger partial charge >= 0.3 is 0 Å². The van der Waals surface area contributed by atoms with Gasteiger partial charge in [-0.15, -0.1) is 11.3 Å². The Morgan fingerprint density at radius 1 is 1.38 bits per heavy atom. The first kappa shape index (κ1) is 14.1. The second kappa shape index (κ2) is 5.85. The summed E-state index contributed by atoms with van der Waals surface area (Å²) in [7, 11) is 1.66. The zero-order chi connectivity index (χ0) is 14.8. The summed E-state index contributed by atoms with van der Waals surface area (Å²) >= 11 is 1.56. The highest BCUT2D eigenvalue weighted by atomic mass is 32.1. The predicted molar refractivity (Wildman–Crippen MR) is 84.0 cm³/mol. The summed E-state index contributed by atoms with van der Waals surface area (Å²) < 4.78 is 5.16. The third-order valence-electron chi connectivity index (χ3n) is 3.59. The van der Waals surface area contributed by atoms with Crippen molar-refractivity contribution in [3.8, 4) is 5.75 Å². The molecule has 1 amide bonds. The van der Waals surface area contributed by atoms with Crippen molar-refractivity contribution in [1.82, 2.24) is 4.98 Å². The number of carbonyl (C=O) groups excluding carboxylic acids is 1. The number of nitrogens with zero attached hydrogens (tertiary/aromatic N) is 1. The van der Waals surface area contributed by atoms with Crippen LogP contribution in [-0.2, 0) is 11.2 Å². The van der Waals surface area contributed by atoms with E-state index in [2.05, 4.69) is 22.4 Å². The highest BCUT2D eigenvalue weighted by Crippen LogP contribution is 2.32. The minimum absolute atomic E-state index is 0.111. The van der Waals surface area contributed by atoms with E-state index in [4.69, 9.17) is 4.74 Å². The number of anilines is 1. The largest absolute Gasteiger partial charge is 0.497 e. The van der Waals surface area contributed by atoms with Gasteiger partial charge in [0.25, 0.3) is 0 Å². The second-order valence-electron chi connectivity index (χ2n) is 5.32. The first-order valence-electron chi connectivity index (χ1n) is 7.06. The van der Waals surface area contributed by atoms with E-state index in [0.717, 1.165) is 30.7 Å². The topological polar surface area (TPSA) is 51.2 Å². The molecular weight excluding hydrogens is 284 g/mol. The molecule has 0 bridgehead atoms. The average molecular weight is 302 g/mol. The van der Waals surface area contributed by atoms with E-state index in [1.54, 1.807) is 18.4 Å². The van der Waals surface area contributed by atoms with Crippen LogP contribution < -0.4 is 10.1 Å². The zero-order valence-electron chi connectivity index (χ0n) is 12.2. The Hall–Kier alpha value is -1.88. The number of aromatic nitrogens is 1. The first-order valence-corrected chi connectivity index (χ1v) is 7.87. The Morgan fingerprint density at radius 3 is 2.71 bits per heavy atom. The van der Waals surface area contributed by atoms with Gasteiger partial charge in [0.05, 0.1) is 12.8 Å². The quantitative estimate of drug-likeness (QED) is 0.921. The molecule has 5 heteroatoms. The lowest BCUT2D eigenvalue weighted by Gasteiger charge is -2.02. The maximum absolute atomic E-state index is 11.8. The van der Waals surface area contributed by atoms with Crippen molar-refractivity contribution >= 4 is 22.4 Å². The van der Waals surface area contributed by atoms with Crippen LogP contribution >= 0.6 is 11.3 Å². The number of rotatable bonds is 5. The highest BCUT2D eigenvalue weighted by Gasteiger charge is 2.30. The fraction of sp³-hybridized carbons (Fsp3) is 0.375. The van der Waals surface area contributed by atoms with E-state index in [1.807, 2.05) is 19.1 Å². The maximum atomic E-state index is 11.8. The number of hydrogen-bond donors (Lipinski definition) is 1. The first-order chi connectivity index (χ1) is 10.2. The van der Waals surface area contributed by atoms with E-state index in [9.17, 15) is 4.79 Å². The molecule has 0 atom stereocenters. The fourth-order valence-corrected chi connectivity index (χ4v) is 3.13. The highest BCUT2D eigenvalue weighted by molar-refractivity contribution is 7.15. The molecule has 1 aliphatic carbocycles. The van der Waals surface area contributed by atoms with Crippen LogP contribution in [0.4, 0.5) is 5.13 Å². The lowest BCUT2D eigenvalue weighted by Crippen LogP contribution is -2.12. The molecule has 2 aromatic rings. The van der Waals surface area contributed by atoms with Crippen molar-refractivity contribution in [2.45, 2.75) is 26.2 Å². The molecule has 1 aromatic heterocycles. The molecule has 1 N–H and O–H groups in total. The number of nitrogens with one attached hydrogen (secondary N) is 1. The summed E-state index contributed by atoms with van der Waals surface area (Å²) in [6.45, 7) is 1.99. The minimum atomic E-state index is 0.111. The minimum Gasteiger partial charge on any atom is -0.497 e. The third kappa shape index (κ3) is 3.42. The van der Waals surface area contributed by atoms with Gasteiger partial charge in [0.1, 0.15) is 5.75 Å². The summed E-state index contributed by atoms with van der Waals surface area (Å²) in [6, 6.07) is 8.03. The zero-order valence-corrected chi connectivity index (χ0v) is 13.0. The van der Waals surface area contributed by atoms with E-state index in [0.29, 0.717) is 5.13 Å². The van der Waals surface area contributed by atoms with Crippen LogP contribution in [0.5, 0.6) is 5.75 Å². The molecule has 0 saturated heterocycles. The van der Waals surface area contributed by atoms with Crippen LogP contribution in [0.15, 0.2) is 24.3 Å². The van der Waals surface area contributed by atoms with Gasteiger partial charge in [-0.3, -0.25) is 4.79 Å². The number of aryl methyl sites for hydroxylation is 1. The number of hydrogen-bond acceptors (Lipinski definition) is 4. The third-order valence-corrected chi connectivity index (χ3v) is 4.67. The van der Waals surface area contributed by atoms with Crippen molar-refractivity contribution in [1.29, 1.82) is 0 Å². The smallest absolute Gasteiger partial charge is 0.229 e. The molecule has 3 rings (SSSR count). The van der Waals surface area contributed by atoms with Gasteiger partial charge in [-0.2, -0.15) is 0 Å². The van der Waals surface area contributed by atoms with Gasteiger partial charge < -0.3 is 10.1 Å². The Morgan fingerprint density at radius 2 is 2.10 bits per heavy atom. The van der Waals surface area contributed by atoms with Gasteiger partial charge in [-0.1, -0.05) is 12.1 Å². The molecule has 0 aliphatic heterocycles. The van der Waals surface area contributed by atoms with Crippen LogP contribution in [-0.4, -0.2) is 18.0 Å². The molecule has 0 unspecified atom stereocenters. The summed E-state index contributed by atoms with van der Waals surface area (Å²) in [5.41, 5.74) is 2.20. The molecule has 21 heavy (non-hydrogen) atoms. The van der Waals surface area contributed by atoms with Crippen LogP contribution in [0, 0.1) is 12.8 Å². The number of amides is 1. The molecule has 1 fully saturated rings. The number of thiazole rings is 1. The van der Waals surface area contributed by atoms with Gasteiger partial charge in [-0.25, -0.2) is 4.98 Å². The van der Waals surface area contributed by atoms with Crippen LogP contribution in [0.1, 0.15) is 29.0 Å². The molecule has 1 heterocycles. The summed E-state index contributed by atoms with van der Waals surface area (Å²) in [5, 5.41) is 3.63. The molecule has 110 valence electrons. The number of ether oxygens (including phenoxy) is 1. The standard InChI is InChI=1S/C16H18N2O2S/c1-10-14(9-11-3-7-13(20-2)8-4-11)21-16(17-10)18-15(19)12-5-6-12/h3-4,7-8,12H,5-6,9H2,1-2H3,(H,17,18,19). The predicted octanol–water partition coefficient (Wildman–Crippen LogP) is 3.40. The molecule has 4 nitrogen and oxygen atoms in total. The molecule has 0 radical (unpaired) electrons. The fourth-order valence-electron chi connectivity index (χ4n) is 2.13. The molecule has 0 spiro atoms. The maximum Gasteiger partial charge on any atom is 0.229 e. The molecule has 1 saturated carbocycles. The number of methoxy groups -OCH3 is 1. The Bertz CT molecular complexity index is 645. The summed E-state index contributed by atoms with van der Waals surface area (Å²) in [4.78, 5) is 17.4. The van der Waals surface area contributed by atoms with Gasteiger partial charge in [0, 0.05) is 17.2 Å². The van der Waals surface area contributed by atoms with Gasteiger partial charge in [0.15, 0.2) is 5.13 Å². The van der Waals surface area contributed by atoms with Crippen LogP contribution in [0.3, 0.4) is 0 Å². The number of benzene rings is 1. The van der Waals surface area contributed by atoms with Crippen molar-refractivity contribution in [3.05, 3.63) is 40.4 Å². The van der Waals surface area contributed by atoms with E-state index in [-0.39, 0.29) is 11.8 Å². The summed E-state index contributed by atoms with van der Waals surface area (Å²) in [5.74, 6) is 1.18. The lowest BCUT2D eigenvalue weighted by molar-refractivity contribution is -0.117. The van der Waals surface area contributed by atoms with Crippen molar-refractivity contribution in [2.24, 2.45) is 5.92 Å². The monoisotopic (exact) mass is 302 g/mol. The van der Waals surface area contributed by atoms with E-state index >= 15 is 0 Å². The normalized spacial score (nSPS) is 14.0. The van der Waals surface area contributed by atoms with Crippen molar-refractivity contribution in [3.63, 3.8) is 0 Å². The molecular formula is C16H18N2O2S. The van der Waals surface area contributed by atoms with E-state index < -0.39 is 0 Å². The Labute approximate surface area is 128 Å². The number of carbonyl (C=O) groups is 1. The van der Waals surface area contributed by atoms with E-state index in [1.165, 1.54) is 10.4 Å². The average Bonchev–Trinajstić information content (AvgIpc) is 3.27. The van der Waals surface area contributed by atoms with Crippen LogP contribution in [0.2, 0.25) is 0 Å². The van der Waals surface area contributed by atoms with Crippen LogP contribution in [0.25, 0.3) is 0 Å². The lowest BCUT2D eigenvalue weighted by atomic mass is 10.1. The Balaban J connectivity index is 1.69. The summed E-state index contributed by atoms with van der Waals surface area (Å²) in [6.07, 6.45) is 2.84.